The lowest BCUT2D eigenvalue weighted by Gasteiger charge is -2.47. The third kappa shape index (κ3) is 2.84. The Balaban J connectivity index is 2.10. The van der Waals surface area contributed by atoms with Crippen molar-refractivity contribution >= 4 is 28.5 Å². The first-order chi connectivity index (χ1) is 12.1. The van der Waals surface area contributed by atoms with E-state index in [0.717, 1.165) is 18.9 Å². The Hall–Kier alpha value is -1.83. The van der Waals surface area contributed by atoms with Crippen LogP contribution in [0.15, 0.2) is 17.1 Å². The Morgan fingerprint density at radius 1 is 1.27 bits per heavy atom. The van der Waals surface area contributed by atoms with Crippen molar-refractivity contribution in [2.24, 2.45) is 16.6 Å². The van der Waals surface area contributed by atoms with Gasteiger partial charge in [0.2, 0.25) is 5.91 Å². The minimum atomic E-state index is -1.21. The first kappa shape index (κ1) is 18.9. The van der Waals surface area contributed by atoms with Gasteiger partial charge in [0.05, 0.1) is 5.54 Å². The number of thioether (sulfide) groups is 1. The van der Waals surface area contributed by atoms with E-state index in [0.29, 0.717) is 13.1 Å². The Labute approximate surface area is 156 Å². The minimum absolute atomic E-state index is 0.0196. The van der Waals surface area contributed by atoms with E-state index in [1.165, 1.54) is 17.8 Å². The summed E-state index contributed by atoms with van der Waals surface area (Å²) in [6, 6.07) is 2.31. The highest BCUT2D eigenvalue weighted by Crippen LogP contribution is 2.51. The standard InChI is InChI=1S/C18H24F2N4OS/c1-10-17(2,12-8-11(21)9-13(19)14(12)20)23-16(22)26-18(10,3)15(25)24-6-4-5-7-24/h8-10H,4-7,21H2,1-3H3,(H2,22,23)/t10-,17-,18-/m0/s1. The second-order valence-electron chi connectivity index (χ2n) is 7.39. The molecule has 1 fully saturated rings. The van der Waals surface area contributed by atoms with Crippen molar-refractivity contribution in [1.29, 1.82) is 0 Å². The molecule has 26 heavy (non-hydrogen) atoms. The number of hydrogen-bond acceptors (Lipinski definition) is 5. The van der Waals surface area contributed by atoms with Crippen molar-refractivity contribution in [2.45, 2.75) is 43.9 Å². The van der Waals surface area contributed by atoms with Gasteiger partial charge in [-0.2, -0.15) is 0 Å². The van der Waals surface area contributed by atoms with Gasteiger partial charge < -0.3 is 16.4 Å². The molecule has 3 rings (SSSR count). The molecular formula is C18H24F2N4OS. The average molecular weight is 382 g/mol. The Morgan fingerprint density at radius 3 is 2.50 bits per heavy atom. The van der Waals surface area contributed by atoms with Gasteiger partial charge in [0.25, 0.3) is 0 Å². The van der Waals surface area contributed by atoms with E-state index in [-0.39, 0.29) is 22.3 Å². The Bertz CT molecular complexity index is 781. The van der Waals surface area contributed by atoms with Gasteiger partial charge in [-0.1, -0.05) is 18.7 Å². The summed E-state index contributed by atoms with van der Waals surface area (Å²) in [7, 11) is 0. The van der Waals surface area contributed by atoms with Crippen molar-refractivity contribution < 1.29 is 13.6 Å². The first-order valence-corrected chi connectivity index (χ1v) is 9.50. The van der Waals surface area contributed by atoms with Crippen LogP contribution >= 0.6 is 11.8 Å². The molecule has 0 radical (unpaired) electrons. The summed E-state index contributed by atoms with van der Waals surface area (Å²) in [6.07, 6.45) is 1.94. The molecule has 3 atom stereocenters. The van der Waals surface area contributed by atoms with Crippen LogP contribution in [0.4, 0.5) is 14.5 Å². The number of aliphatic imine (C=N–C) groups is 1. The molecule has 1 amide bonds. The molecule has 1 saturated heterocycles. The summed E-state index contributed by atoms with van der Waals surface area (Å²) in [5.74, 6) is -2.52. The van der Waals surface area contributed by atoms with Gasteiger partial charge in [0.1, 0.15) is 4.75 Å². The lowest BCUT2D eigenvalue weighted by atomic mass is 9.73. The third-order valence-corrected chi connectivity index (χ3v) is 6.99. The van der Waals surface area contributed by atoms with Crippen LogP contribution in [0, 0.1) is 17.6 Å². The number of likely N-dealkylation sites (tertiary alicyclic amines) is 1. The molecule has 0 bridgehead atoms. The van der Waals surface area contributed by atoms with Gasteiger partial charge in [-0.05, 0) is 38.8 Å². The van der Waals surface area contributed by atoms with Gasteiger partial charge in [-0.3, -0.25) is 9.79 Å². The smallest absolute Gasteiger partial charge is 0.239 e. The number of amides is 1. The SMILES string of the molecule is C[C@@H]1[C@@](C)(C(=O)N2CCCC2)SC(N)=N[C@]1(C)c1cc(N)cc(F)c1F. The fourth-order valence-corrected chi connectivity index (χ4v) is 5.22. The summed E-state index contributed by atoms with van der Waals surface area (Å²) >= 11 is 1.19. The molecule has 0 spiro atoms. The number of anilines is 1. The van der Waals surface area contributed by atoms with Crippen molar-refractivity contribution in [3.05, 3.63) is 29.3 Å². The van der Waals surface area contributed by atoms with Crippen molar-refractivity contribution in [3.63, 3.8) is 0 Å². The van der Waals surface area contributed by atoms with Crippen LogP contribution in [0.5, 0.6) is 0 Å². The van der Waals surface area contributed by atoms with E-state index in [2.05, 4.69) is 4.99 Å². The third-order valence-electron chi connectivity index (χ3n) is 5.74. The van der Waals surface area contributed by atoms with Crippen molar-refractivity contribution in [2.75, 3.05) is 18.8 Å². The maximum atomic E-state index is 14.6. The molecule has 4 N–H and O–H groups in total. The topological polar surface area (TPSA) is 84.7 Å². The molecular weight excluding hydrogens is 358 g/mol. The normalized spacial score (nSPS) is 31.8. The van der Waals surface area contributed by atoms with Crippen LogP contribution in [-0.2, 0) is 10.3 Å². The summed E-state index contributed by atoms with van der Waals surface area (Å²) in [5, 5.41) is 0.183. The van der Waals surface area contributed by atoms with E-state index in [1.54, 1.807) is 6.92 Å². The number of halogens is 2. The second-order valence-corrected chi connectivity index (χ2v) is 8.86. The molecule has 2 aliphatic heterocycles. The molecule has 2 aliphatic rings. The summed E-state index contributed by atoms with van der Waals surface area (Å²) < 4.78 is 27.7. The molecule has 1 aromatic rings. The van der Waals surface area contributed by atoms with E-state index in [1.807, 2.05) is 18.7 Å². The zero-order valence-electron chi connectivity index (χ0n) is 15.2. The molecule has 142 valence electrons. The molecule has 5 nitrogen and oxygen atoms in total. The van der Waals surface area contributed by atoms with Gasteiger partial charge in [0.15, 0.2) is 16.8 Å². The maximum Gasteiger partial charge on any atom is 0.239 e. The molecule has 0 aliphatic carbocycles. The molecule has 0 saturated carbocycles. The average Bonchev–Trinajstić information content (AvgIpc) is 3.09. The highest BCUT2D eigenvalue weighted by Gasteiger charge is 2.55. The number of nitrogens with zero attached hydrogens (tertiary/aromatic N) is 2. The number of amidine groups is 1. The van der Waals surface area contributed by atoms with Crippen LogP contribution in [0.25, 0.3) is 0 Å². The summed E-state index contributed by atoms with van der Waals surface area (Å²) in [6.45, 7) is 6.73. The van der Waals surface area contributed by atoms with Crippen LogP contribution in [-0.4, -0.2) is 33.8 Å². The van der Waals surface area contributed by atoms with Crippen LogP contribution in [0.3, 0.4) is 0 Å². The number of nitrogens with two attached hydrogens (primary N) is 2. The number of rotatable bonds is 2. The van der Waals surface area contributed by atoms with Crippen molar-refractivity contribution in [1.82, 2.24) is 4.90 Å². The van der Waals surface area contributed by atoms with E-state index < -0.39 is 27.8 Å². The van der Waals surface area contributed by atoms with Gasteiger partial charge in [-0.15, -0.1) is 0 Å². The van der Waals surface area contributed by atoms with Crippen LogP contribution < -0.4 is 11.5 Å². The number of carbonyl (C=O) groups excluding carboxylic acids is 1. The van der Waals surface area contributed by atoms with Crippen molar-refractivity contribution in [3.8, 4) is 0 Å². The van der Waals surface area contributed by atoms with Gasteiger partial charge in [0, 0.05) is 30.3 Å². The highest BCUT2D eigenvalue weighted by molar-refractivity contribution is 8.15. The molecule has 0 unspecified atom stereocenters. The summed E-state index contributed by atoms with van der Waals surface area (Å²) in [5.41, 5.74) is 10.7. The molecule has 8 heteroatoms. The van der Waals surface area contributed by atoms with E-state index in [9.17, 15) is 13.6 Å². The van der Waals surface area contributed by atoms with Gasteiger partial charge in [-0.25, -0.2) is 8.78 Å². The van der Waals surface area contributed by atoms with Crippen LogP contribution in [0.2, 0.25) is 0 Å². The molecule has 1 aromatic carbocycles. The maximum absolute atomic E-state index is 14.6. The molecule has 0 aromatic heterocycles. The highest BCUT2D eigenvalue weighted by atomic mass is 32.2. The quantitative estimate of drug-likeness (QED) is 0.771. The first-order valence-electron chi connectivity index (χ1n) is 8.68. The lowest BCUT2D eigenvalue weighted by molar-refractivity contribution is -0.134. The largest absolute Gasteiger partial charge is 0.399 e. The Kier molecular flexibility index (Phi) is 4.67. The van der Waals surface area contributed by atoms with Gasteiger partial charge >= 0.3 is 0 Å². The number of nitrogen functional groups attached to an aromatic ring is 1. The van der Waals surface area contributed by atoms with Crippen LogP contribution in [0.1, 0.15) is 39.2 Å². The Morgan fingerprint density at radius 2 is 1.88 bits per heavy atom. The summed E-state index contributed by atoms with van der Waals surface area (Å²) in [4.78, 5) is 19.5. The fraction of sp³-hybridized carbons (Fsp3) is 0.556. The minimum Gasteiger partial charge on any atom is -0.399 e. The number of carbonyl (C=O) groups is 1. The zero-order chi connectivity index (χ0) is 19.3. The number of hydrogen-bond donors (Lipinski definition) is 2. The monoisotopic (exact) mass is 382 g/mol. The lowest BCUT2D eigenvalue weighted by Crippen LogP contribution is -2.56. The number of benzene rings is 1. The zero-order valence-corrected chi connectivity index (χ0v) is 16.0. The predicted molar refractivity (Wildman–Crippen MR) is 101 cm³/mol. The molecule has 2 heterocycles. The van der Waals surface area contributed by atoms with E-state index >= 15 is 0 Å². The second kappa shape index (κ2) is 6.40. The fourth-order valence-electron chi connectivity index (χ4n) is 3.93. The predicted octanol–water partition coefficient (Wildman–Crippen LogP) is 2.84. The van der Waals surface area contributed by atoms with E-state index in [4.69, 9.17) is 11.5 Å².